The molecule has 3 aromatic carbocycles. The van der Waals surface area contributed by atoms with Gasteiger partial charge in [-0.3, -0.25) is 4.79 Å². The number of carbonyl (C=O) groups is 1. The number of nitrogens with one attached hydrogen (secondary N) is 1. The summed E-state index contributed by atoms with van der Waals surface area (Å²) in [7, 11) is -3.66. The van der Waals surface area contributed by atoms with Crippen molar-refractivity contribution in [3.63, 3.8) is 0 Å². The largest absolute Gasteiger partial charge is 0.494 e. The minimum atomic E-state index is -3.66. The van der Waals surface area contributed by atoms with E-state index < -0.39 is 10.0 Å². The standard InChI is InChI=1S/C25H28N2O4S/c1-2-31-22-12-14-23(15-13-22)32(29,30)27-16-6-10-21(18-27)25(28)26-17-20-9-5-8-19-7-3-4-11-24(19)20/h3-5,7-9,11-15,21H,2,6,10,16-18H2,1H3,(H,26,28). The summed E-state index contributed by atoms with van der Waals surface area (Å²) in [5.41, 5.74) is 1.05. The number of hydrogen-bond acceptors (Lipinski definition) is 4. The minimum absolute atomic E-state index is 0.107. The zero-order valence-electron chi connectivity index (χ0n) is 18.2. The Labute approximate surface area is 189 Å². The second kappa shape index (κ2) is 9.71. The third-order valence-electron chi connectivity index (χ3n) is 5.86. The first kappa shape index (κ1) is 22.3. The van der Waals surface area contributed by atoms with Crippen LogP contribution in [-0.2, 0) is 21.4 Å². The molecular weight excluding hydrogens is 424 g/mol. The van der Waals surface area contributed by atoms with E-state index >= 15 is 0 Å². The van der Waals surface area contributed by atoms with Crippen LogP contribution in [0.3, 0.4) is 0 Å². The molecule has 0 spiro atoms. The highest BCUT2D eigenvalue weighted by Gasteiger charge is 2.33. The number of hydrogen-bond donors (Lipinski definition) is 1. The third kappa shape index (κ3) is 4.79. The summed E-state index contributed by atoms with van der Waals surface area (Å²) in [4.78, 5) is 13.1. The van der Waals surface area contributed by atoms with Gasteiger partial charge in [-0.25, -0.2) is 8.42 Å². The first-order valence-corrected chi connectivity index (χ1v) is 12.4. The molecule has 6 nitrogen and oxygen atoms in total. The Morgan fingerprint density at radius 1 is 1.06 bits per heavy atom. The van der Waals surface area contributed by atoms with E-state index in [1.165, 1.54) is 4.31 Å². The molecule has 1 aliphatic rings. The van der Waals surface area contributed by atoms with Gasteiger partial charge in [0.25, 0.3) is 0 Å². The average Bonchev–Trinajstić information content (AvgIpc) is 2.83. The molecule has 1 aliphatic heterocycles. The van der Waals surface area contributed by atoms with Crippen LogP contribution >= 0.6 is 0 Å². The zero-order valence-corrected chi connectivity index (χ0v) is 19.0. The van der Waals surface area contributed by atoms with Crippen molar-refractivity contribution in [3.05, 3.63) is 72.3 Å². The average molecular weight is 453 g/mol. The van der Waals surface area contributed by atoms with Crippen molar-refractivity contribution in [2.45, 2.75) is 31.2 Å². The van der Waals surface area contributed by atoms with E-state index in [-0.39, 0.29) is 23.3 Å². The van der Waals surface area contributed by atoms with Crippen molar-refractivity contribution in [2.24, 2.45) is 5.92 Å². The maximum absolute atomic E-state index is 13.1. The smallest absolute Gasteiger partial charge is 0.243 e. The molecule has 0 aliphatic carbocycles. The van der Waals surface area contributed by atoms with E-state index in [2.05, 4.69) is 5.32 Å². The number of piperidine rings is 1. The highest BCUT2D eigenvalue weighted by molar-refractivity contribution is 7.89. The lowest BCUT2D eigenvalue weighted by atomic mass is 9.98. The van der Waals surface area contributed by atoms with Gasteiger partial charge in [0.15, 0.2) is 0 Å². The van der Waals surface area contributed by atoms with E-state index in [9.17, 15) is 13.2 Å². The summed E-state index contributed by atoms with van der Waals surface area (Å²) in [5, 5.41) is 5.26. The van der Waals surface area contributed by atoms with Gasteiger partial charge in [-0.05, 0) is 60.4 Å². The second-order valence-corrected chi connectivity index (χ2v) is 9.90. The molecule has 1 N–H and O–H groups in total. The fourth-order valence-electron chi connectivity index (χ4n) is 4.17. The Bertz CT molecular complexity index is 1190. The van der Waals surface area contributed by atoms with E-state index in [1.807, 2.05) is 49.4 Å². The number of nitrogens with zero attached hydrogens (tertiary/aromatic N) is 1. The maximum atomic E-state index is 13.1. The molecule has 1 saturated heterocycles. The summed E-state index contributed by atoms with van der Waals surface area (Å²) in [6, 6.07) is 20.5. The van der Waals surface area contributed by atoms with Gasteiger partial charge < -0.3 is 10.1 Å². The fourth-order valence-corrected chi connectivity index (χ4v) is 5.70. The van der Waals surface area contributed by atoms with Crippen molar-refractivity contribution in [2.75, 3.05) is 19.7 Å². The summed E-state index contributed by atoms with van der Waals surface area (Å²) in [6.45, 7) is 3.43. The maximum Gasteiger partial charge on any atom is 0.243 e. The van der Waals surface area contributed by atoms with Crippen LogP contribution in [0, 0.1) is 5.92 Å². The Morgan fingerprint density at radius 3 is 2.59 bits per heavy atom. The number of sulfonamides is 1. The lowest BCUT2D eigenvalue weighted by Gasteiger charge is -2.31. The molecule has 0 bridgehead atoms. The first-order valence-electron chi connectivity index (χ1n) is 11.0. The molecule has 0 radical (unpaired) electrons. The predicted octanol–water partition coefficient (Wildman–Crippen LogP) is 3.96. The molecule has 1 fully saturated rings. The monoisotopic (exact) mass is 452 g/mol. The summed E-state index contributed by atoms with van der Waals surface area (Å²) in [6.07, 6.45) is 1.33. The van der Waals surface area contributed by atoms with Crippen LogP contribution < -0.4 is 10.1 Å². The molecule has 1 atom stereocenters. The summed E-state index contributed by atoms with van der Waals surface area (Å²) >= 11 is 0. The van der Waals surface area contributed by atoms with Crippen molar-refractivity contribution in [1.82, 2.24) is 9.62 Å². The second-order valence-electron chi connectivity index (χ2n) is 7.96. The molecule has 0 aromatic heterocycles. The molecule has 0 saturated carbocycles. The van der Waals surface area contributed by atoms with Crippen LogP contribution in [0.1, 0.15) is 25.3 Å². The molecule has 7 heteroatoms. The molecule has 32 heavy (non-hydrogen) atoms. The Hall–Kier alpha value is -2.90. The van der Waals surface area contributed by atoms with Crippen molar-refractivity contribution in [1.29, 1.82) is 0 Å². The van der Waals surface area contributed by atoms with Gasteiger partial charge >= 0.3 is 0 Å². The van der Waals surface area contributed by atoms with Gasteiger partial charge in [0.05, 0.1) is 17.4 Å². The van der Waals surface area contributed by atoms with Gasteiger partial charge in [-0.15, -0.1) is 0 Å². The van der Waals surface area contributed by atoms with Gasteiger partial charge in [0.1, 0.15) is 5.75 Å². The minimum Gasteiger partial charge on any atom is -0.494 e. The molecule has 1 unspecified atom stereocenters. The third-order valence-corrected chi connectivity index (χ3v) is 7.74. The van der Waals surface area contributed by atoms with Crippen LogP contribution in [0.5, 0.6) is 5.75 Å². The number of ether oxygens (including phenoxy) is 1. The Kier molecular flexibility index (Phi) is 6.77. The molecular formula is C25H28N2O4S. The van der Waals surface area contributed by atoms with Gasteiger partial charge in [-0.2, -0.15) is 4.31 Å². The van der Waals surface area contributed by atoms with Gasteiger partial charge in [0, 0.05) is 19.6 Å². The van der Waals surface area contributed by atoms with Gasteiger partial charge in [-0.1, -0.05) is 42.5 Å². The Balaban J connectivity index is 1.42. The van der Waals surface area contributed by atoms with Crippen LogP contribution in [0.25, 0.3) is 10.8 Å². The molecule has 1 heterocycles. The SMILES string of the molecule is CCOc1ccc(S(=O)(=O)N2CCCC(C(=O)NCc3cccc4ccccc34)C2)cc1. The van der Waals surface area contributed by atoms with Crippen LogP contribution in [0.15, 0.2) is 71.6 Å². The predicted molar refractivity (Wildman–Crippen MR) is 125 cm³/mol. The number of carbonyl (C=O) groups excluding carboxylic acids is 1. The van der Waals surface area contributed by atoms with Crippen LogP contribution in [-0.4, -0.2) is 38.3 Å². The highest BCUT2D eigenvalue weighted by atomic mass is 32.2. The number of benzene rings is 3. The lowest BCUT2D eigenvalue weighted by molar-refractivity contribution is -0.126. The Morgan fingerprint density at radius 2 is 1.81 bits per heavy atom. The zero-order chi connectivity index (χ0) is 22.6. The fraction of sp³-hybridized carbons (Fsp3) is 0.320. The van der Waals surface area contributed by atoms with Gasteiger partial charge in [0.2, 0.25) is 15.9 Å². The molecule has 168 valence electrons. The topological polar surface area (TPSA) is 75.7 Å². The number of amides is 1. The van der Waals surface area contributed by atoms with Crippen LogP contribution in [0.2, 0.25) is 0 Å². The van der Waals surface area contributed by atoms with Crippen molar-refractivity contribution >= 4 is 26.7 Å². The normalized spacial score (nSPS) is 17.2. The first-order chi connectivity index (χ1) is 15.5. The van der Waals surface area contributed by atoms with E-state index in [0.717, 1.165) is 16.3 Å². The molecule has 3 aromatic rings. The summed E-state index contributed by atoms with van der Waals surface area (Å²) < 4.78 is 33.0. The molecule has 1 amide bonds. The quantitative estimate of drug-likeness (QED) is 0.589. The number of fused-ring (bicyclic) bond motifs is 1. The van der Waals surface area contributed by atoms with E-state index in [1.54, 1.807) is 24.3 Å². The highest BCUT2D eigenvalue weighted by Crippen LogP contribution is 2.26. The number of rotatable bonds is 7. The summed E-state index contributed by atoms with van der Waals surface area (Å²) in [5.74, 6) is 0.163. The molecule has 4 rings (SSSR count). The van der Waals surface area contributed by atoms with Crippen molar-refractivity contribution in [3.8, 4) is 5.75 Å². The van der Waals surface area contributed by atoms with Crippen molar-refractivity contribution < 1.29 is 17.9 Å². The van der Waals surface area contributed by atoms with Crippen LogP contribution in [0.4, 0.5) is 0 Å². The lowest BCUT2D eigenvalue weighted by Crippen LogP contribution is -2.45. The van der Waals surface area contributed by atoms with E-state index in [4.69, 9.17) is 4.74 Å². The van der Waals surface area contributed by atoms with E-state index in [0.29, 0.717) is 38.3 Å².